The van der Waals surface area contributed by atoms with Crippen LogP contribution in [0.1, 0.15) is 16.1 Å². The molecule has 11 heteroatoms. The Morgan fingerprint density at radius 2 is 1.93 bits per heavy atom. The average Bonchev–Trinajstić information content (AvgIpc) is 3.12. The van der Waals surface area contributed by atoms with Gasteiger partial charge in [0.05, 0.1) is 29.5 Å². The number of methoxy groups -OCH3 is 1. The monoisotopic (exact) mass is 406 g/mol. The van der Waals surface area contributed by atoms with Gasteiger partial charge in [-0.2, -0.15) is 18.3 Å². The molecule has 0 bridgehead atoms. The summed E-state index contributed by atoms with van der Waals surface area (Å²) in [7, 11) is 1.28. The molecular formula is C18H13F3N4O4. The second-order valence-electron chi connectivity index (χ2n) is 5.80. The Labute approximate surface area is 161 Å². The second-order valence-corrected chi connectivity index (χ2v) is 5.80. The van der Waals surface area contributed by atoms with Gasteiger partial charge in [0.25, 0.3) is 11.6 Å². The van der Waals surface area contributed by atoms with Crippen LogP contribution in [0, 0.1) is 10.1 Å². The average molecular weight is 406 g/mol. The standard InChI is InChI=1S/C18H13F3N4O4/c1-29-15-10-24(13-6-2-4-11(8-13)18(19,20)21)23-16(15)17(26)22-12-5-3-7-14(9-12)25(27)28/h2-10H,1H3,(H,22,26). The number of anilines is 1. The number of carbonyl (C=O) groups is 1. The number of non-ortho nitro benzene ring substituents is 1. The summed E-state index contributed by atoms with van der Waals surface area (Å²) < 4.78 is 45.0. The number of rotatable bonds is 5. The number of hydrogen-bond donors (Lipinski definition) is 1. The molecule has 3 rings (SSSR count). The van der Waals surface area contributed by atoms with Gasteiger partial charge in [0.2, 0.25) is 0 Å². The van der Waals surface area contributed by atoms with Gasteiger partial charge in [0.15, 0.2) is 11.4 Å². The van der Waals surface area contributed by atoms with E-state index in [2.05, 4.69) is 10.4 Å². The van der Waals surface area contributed by atoms with Crippen LogP contribution in [0.25, 0.3) is 5.69 Å². The van der Waals surface area contributed by atoms with Crippen molar-refractivity contribution >= 4 is 17.3 Å². The fourth-order valence-electron chi connectivity index (χ4n) is 2.51. The van der Waals surface area contributed by atoms with Crippen molar-refractivity contribution in [1.29, 1.82) is 0 Å². The zero-order valence-electron chi connectivity index (χ0n) is 14.8. The van der Waals surface area contributed by atoms with Crippen LogP contribution in [0.2, 0.25) is 0 Å². The molecule has 29 heavy (non-hydrogen) atoms. The lowest BCUT2D eigenvalue weighted by Gasteiger charge is -2.08. The molecular weight excluding hydrogens is 393 g/mol. The number of aromatic nitrogens is 2. The van der Waals surface area contributed by atoms with Crippen molar-refractivity contribution in [3.05, 3.63) is 76.1 Å². The Bertz CT molecular complexity index is 1080. The van der Waals surface area contributed by atoms with Gasteiger partial charge in [0, 0.05) is 17.8 Å². The number of amides is 1. The Morgan fingerprint density at radius 3 is 2.59 bits per heavy atom. The highest BCUT2D eigenvalue weighted by Crippen LogP contribution is 2.31. The molecule has 0 aliphatic rings. The molecule has 1 N–H and O–H groups in total. The minimum atomic E-state index is -4.53. The van der Waals surface area contributed by atoms with E-state index >= 15 is 0 Å². The molecule has 150 valence electrons. The van der Waals surface area contributed by atoms with Crippen LogP contribution in [0.15, 0.2) is 54.7 Å². The minimum Gasteiger partial charge on any atom is -0.493 e. The van der Waals surface area contributed by atoms with E-state index in [4.69, 9.17) is 4.74 Å². The van der Waals surface area contributed by atoms with Crippen LogP contribution in [-0.4, -0.2) is 27.7 Å². The van der Waals surface area contributed by atoms with E-state index in [1.54, 1.807) is 0 Å². The van der Waals surface area contributed by atoms with Crippen molar-refractivity contribution < 1.29 is 27.6 Å². The van der Waals surface area contributed by atoms with Crippen molar-refractivity contribution in [3.63, 3.8) is 0 Å². The highest BCUT2D eigenvalue weighted by Gasteiger charge is 2.30. The number of nitrogens with one attached hydrogen (secondary N) is 1. The van der Waals surface area contributed by atoms with Crippen molar-refractivity contribution in [1.82, 2.24) is 9.78 Å². The summed E-state index contributed by atoms with van der Waals surface area (Å²) in [5.41, 5.74) is -1.06. The van der Waals surface area contributed by atoms with Crippen LogP contribution < -0.4 is 10.1 Å². The number of hydrogen-bond acceptors (Lipinski definition) is 5. The first-order chi connectivity index (χ1) is 13.7. The predicted octanol–water partition coefficient (Wildman–Crippen LogP) is 4.06. The minimum absolute atomic E-state index is 0.0188. The maximum absolute atomic E-state index is 12.9. The largest absolute Gasteiger partial charge is 0.493 e. The Kier molecular flexibility index (Phi) is 5.22. The fourth-order valence-corrected chi connectivity index (χ4v) is 2.51. The summed E-state index contributed by atoms with van der Waals surface area (Å²) in [6.45, 7) is 0. The number of nitrogens with zero attached hydrogens (tertiary/aromatic N) is 3. The number of carbonyl (C=O) groups excluding carboxylic acids is 1. The topological polar surface area (TPSA) is 99.3 Å². The lowest BCUT2D eigenvalue weighted by molar-refractivity contribution is -0.384. The molecule has 1 heterocycles. The molecule has 0 aliphatic carbocycles. The van der Waals surface area contributed by atoms with Gasteiger partial charge >= 0.3 is 6.18 Å². The van der Waals surface area contributed by atoms with Crippen molar-refractivity contribution in [3.8, 4) is 11.4 Å². The van der Waals surface area contributed by atoms with Crippen molar-refractivity contribution in [2.45, 2.75) is 6.18 Å². The van der Waals surface area contributed by atoms with Gasteiger partial charge in [-0.15, -0.1) is 0 Å². The zero-order valence-corrected chi connectivity index (χ0v) is 14.8. The van der Waals surface area contributed by atoms with Gasteiger partial charge in [-0.05, 0) is 24.3 Å². The number of benzene rings is 2. The summed E-state index contributed by atoms with van der Waals surface area (Å²) >= 11 is 0. The van der Waals surface area contributed by atoms with Crippen LogP contribution in [0.3, 0.4) is 0 Å². The van der Waals surface area contributed by atoms with Gasteiger partial charge in [-0.3, -0.25) is 14.9 Å². The summed E-state index contributed by atoms with van der Waals surface area (Å²) in [5.74, 6) is -0.724. The molecule has 1 amide bonds. The maximum Gasteiger partial charge on any atom is 0.416 e. The number of nitro benzene ring substituents is 1. The first-order valence-electron chi connectivity index (χ1n) is 8.06. The van der Waals surface area contributed by atoms with E-state index in [0.717, 1.165) is 22.9 Å². The molecule has 0 aliphatic heterocycles. The molecule has 0 fully saturated rings. The molecule has 0 unspecified atom stereocenters. The van der Waals surface area contributed by atoms with Crippen LogP contribution in [0.5, 0.6) is 5.75 Å². The van der Waals surface area contributed by atoms with Crippen LogP contribution >= 0.6 is 0 Å². The first-order valence-corrected chi connectivity index (χ1v) is 8.06. The third-order valence-electron chi connectivity index (χ3n) is 3.87. The Morgan fingerprint density at radius 1 is 1.21 bits per heavy atom. The second kappa shape index (κ2) is 7.62. The maximum atomic E-state index is 12.9. The van der Waals surface area contributed by atoms with E-state index in [0.29, 0.717) is 0 Å². The smallest absolute Gasteiger partial charge is 0.416 e. The van der Waals surface area contributed by atoms with Crippen LogP contribution in [-0.2, 0) is 6.18 Å². The number of ether oxygens (including phenoxy) is 1. The molecule has 1 aromatic heterocycles. The summed E-state index contributed by atoms with van der Waals surface area (Å²) in [6, 6.07) is 9.67. The number of halogens is 3. The number of alkyl halides is 3. The molecule has 8 nitrogen and oxygen atoms in total. The van der Waals surface area contributed by atoms with Gasteiger partial charge in [0.1, 0.15) is 0 Å². The van der Waals surface area contributed by atoms with Gasteiger partial charge < -0.3 is 10.1 Å². The Balaban J connectivity index is 1.91. The quantitative estimate of drug-likeness (QED) is 0.509. The normalized spacial score (nSPS) is 11.2. The predicted molar refractivity (Wildman–Crippen MR) is 96.2 cm³/mol. The fraction of sp³-hybridized carbons (Fsp3) is 0.111. The van der Waals surface area contributed by atoms with Gasteiger partial charge in [-0.1, -0.05) is 12.1 Å². The zero-order chi connectivity index (χ0) is 21.2. The van der Waals surface area contributed by atoms with Crippen molar-refractivity contribution in [2.75, 3.05) is 12.4 Å². The van der Waals surface area contributed by atoms with E-state index in [-0.39, 0.29) is 28.5 Å². The Hall–Kier alpha value is -3.89. The molecule has 2 aromatic carbocycles. The molecule has 0 atom stereocenters. The summed E-state index contributed by atoms with van der Waals surface area (Å²) in [4.78, 5) is 22.8. The van der Waals surface area contributed by atoms with E-state index in [9.17, 15) is 28.1 Å². The van der Waals surface area contributed by atoms with E-state index in [1.807, 2.05) is 0 Å². The van der Waals surface area contributed by atoms with E-state index < -0.39 is 22.6 Å². The lowest BCUT2D eigenvalue weighted by atomic mass is 10.2. The van der Waals surface area contributed by atoms with E-state index in [1.165, 1.54) is 43.6 Å². The highest BCUT2D eigenvalue weighted by molar-refractivity contribution is 6.04. The third kappa shape index (κ3) is 4.34. The van der Waals surface area contributed by atoms with Crippen LogP contribution in [0.4, 0.5) is 24.5 Å². The van der Waals surface area contributed by atoms with Gasteiger partial charge in [-0.25, -0.2) is 4.68 Å². The summed E-state index contributed by atoms with van der Waals surface area (Å²) in [5, 5.41) is 17.3. The molecule has 3 aromatic rings. The molecule has 0 radical (unpaired) electrons. The molecule has 0 saturated heterocycles. The van der Waals surface area contributed by atoms with Crippen molar-refractivity contribution in [2.24, 2.45) is 0 Å². The highest BCUT2D eigenvalue weighted by atomic mass is 19.4. The third-order valence-corrected chi connectivity index (χ3v) is 3.87. The number of nitro groups is 1. The molecule has 0 saturated carbocycles. The lowest BCUT2D eigenvalue weighted by Crippen LogP contribution is -2.14. The SMILES string of the molecule is COc1cn(-c2cccc(C(F)(F)F)c2)nc1C(=O)Nc1cccc([N+](=O)[O-])c1. The first kappa shape index (κ1) is 19.9. The summed E-state index contributed by atoms with van der Waals surface area (Å²) in [6.07, 6.45) is -3.27. The molecule has 0 spiro atoms.